The second-order valence-corrected chi connectivity index (χ2v) is 3.65. The number of pyridine rings is 1. The van der Waals surface area contributed by atoms with Crippen LogP contribution in [-0.2, 0) is 0 Å². The van der Waals surface area contributed by atoms with E-state index in [0.29, 0.717) is 17.1 Å². The van der Waals surface area contributed by atoms with Crippen LogP contribution in [-0.4, -0.2) is 4.98 Å². The monoisotopic (exact) mass is 224 g/mol. The van der Waals surface area contributed by atoms with E-state index in [4.69, 9.17) is 11.0 Å². The summed E-state index contributed by atoms with van der Waals surface area (Å²) < 4.78 is 0. The first-order valence-electron chi connectivity index (χ1n) is 5.20. The van der Waals surface area contributed by atoms with E-state index in [9.17, 15) is 0 Å². The molecular weight excluding hydrogens is 212 g/mol. The Morgan fingerprint density at radius 1 is 1.24 bits per heavy atom. The molecule has 0 spiro atoms. The van der Waals surface area contributed by atoms with Crippen LogP contribution in [0.25, 0.3) is 0 Å². The van der Waals surface area contributed by atoms with Crippen LogP contribution in [0.1, 0.15) is 11.3 Å². The summed E-state index contributed by atoms with van der Waals surface area (Å²) in [6.45, 7) is 1.84. The van der Waals surface area contributed by atoms with Crippen LogP contribution in [0.3, 0.4) is 0 Å². The smallest absolute Gasteiger partial charge is 0.130 e. The molecule has 1 aromatic heterocycles. The summed E-state index contributed by atoms with van der Waals surface area (Å²) >= 11 is 0. The summed E-state index contributed by atoms with van der Waals surface area (Å²) in [6, 6.07) is 13.0. The quantitative estimate of drug-likeness (QED) is 0.822. The third-order valence-corrected chi connectivity index (χ3v) is 2.44. The Hall–Kier alpha value is -2.54. The Morgan fingerprint density at radius 3 is 2.71 bits per heavy atom. The molecule has 0 aliphatic rings. The highest BCUT2D eigenvalue weighted by atomic mass is 15.0. The molecule has 1 aromatic carbocycles. The van der Waals surface area contributed by atoms with Crippen molar-refractivity contribution in [2.45, 2.75) is 6.92 Å². The number of benzene rings is 1. The number of rotatable bonds is 2. The molecular formula is C13H12N4. The molecule has 0 aliphatic heterocycles. The highest BCUT2D eigenvalue weighted by molar-refractivity contribution is 5.65. The first-order valence-corrected chi connectivity index (χ1v) is 5.20. The topological polar surface area (TPSA) is 74.7 Å². The number of nitriles is 1. The second kappa shape index (κ2) is 4.54. The van der Waals surface area contributed by atoms with Crippen LogP contribution in [0.5, 0.6) is 0 Å². The van der Waals surface area contributed by atoms with Gasteiger partial charge in [-0.3, -0.25) is 0 Å². The fourth-order valence-electron chi connectivity index (χ4n) is 1.47. The number of nitrogens with zero attached hydrogens (tertiary/aromatic N) is 2. The molecule has 84 valence electrons. The van der Waals surface area contributed by atoms with Crippen molar-refractivity contribution >= 4 is 17.2 Å². The van der Waals surface area contributed by atoms with Gasteiger partial charge in [-0.05, 0) is 31.2 Å². The van der Waals surface area contributed by atoms with Crippen LogP contribution in [0, 0.1) is 18.3 Å². The normalized spacial score (nSPS) is 9.65. The zero-order valence-electron chi connectivity index (χ0n) is 9.44. The Morgan fingerprint density at radius 2 is 2.00 bits per heavy atom. The number of nitrogen functional groups attached to an aromatic ring is 1. The van der Waals surface area contributed by atoms with Crippen molar-refractivity contribution in [2.24, 2.45) is 0 Å². The zero-order chi connectivity index (χ0) is 12.3. The first kappa shape index (κ1) is 11.0. The molecule has 0 unspecified atom stereocenters. The van der Waals surface area contributed by atoms with Crippen molar-refractivity contribution in [3.8, 4) is 6.07 Å². The molecule has 0 fully saturated rings. The molecule has 2 rings (SSSR count). The molecule has 0 amide bonds. The van der Waals surface area contributed by atoms with Gasteiger partial charge in [0, 0.05) is 0 Å². The number of nitrogens with one attached hydrogen (secondary N) is 1. The minimum atomic E-state index is 0.587. The summed E-state index contributed by atoms with van der Waals surface area (Å²) in [5, 5.41) is 12.1. The Kier molecular flexibility index (Phi) is 2.93. The Bertz CT molecular complexity index is 584. The van der Waals surface area contributed by atoms with Crippen LogP contribution in [0.15, 0.2) is 36.4 Å². The third-order valence-electron chi connectivity index (χ3n) is 2.44. The van der Waals surface area contributed by atoms with Crippen molar-refractivity contribution in [3.05, 3.63) is 47.7 Å². The number of para-hydroxylation sites is 1. The van der Waals surface area contributed by atoms with Gasteiger partial charge in [-0.1, -0.05) is 12.1 Å². The molecule has 0 saturated heterocycles. The minimum Gasteiger partial charge on any atom is -0.397 e. The van der Waals surface area contributed by atoms with Gasteiger partial charge in [0.1, 0.15) is 11.9 Å². The van der Waals surface area contributed by atoms with Crippen LogP contribution in [0.4, 0.5) is 17.2 Å². The molecule has 0 atom stereocenters. The standard InChI is InChI=1S/C13H12N4/c1-9-11(15)6-7-13(16-9)17-12-5-3-2-4-10(12)8-14/h2-7H,15H2,1H3,(H,16,17). The highest BCUT2D eigenvalue weighted by Gasteiger charge is 2.03. The molecule has 0 aliphatic carbocycles. The van der Waals surface area contributed by atoms with Crippen molar-refractivity contribution in [2.75, 3.05) is 11.1 Å². The molecule has 1 heterocycles. The van der Waals surface area contributed by atoms with E-state index < -0.39 is 0 Å². The maximum absolute atomic E-state index is 8.96. The summed E-state index contributed by atoms with van der Waals surface area (Å²) in [7, 11) is 0. The summed E-state index contributed by atoms with van der Waals surface area (Å²) in [5.74, 6) is 0.680. The molecule has 4 nitrogen and oxygen atoms in total. The highest BCUT2D eigenvalue weighted by Crippen LogP contribution is 2.20. The number of hydrogen-bond acceptors (Lipinski definition) is 4. The van der Waals surface area contributed by atoms with E-state index in [1.807, 2.05) is 25.1 Å². The third kappa shape index (κ3) is 2.34. The van der Waals surface area contributed by atoms with Gasteiger partial charge < -0.3 is 11.1 Å². The fraction of sp³-hybridized carbons (Fsp3) is 0.0769. The first-order chi connectivity index (χ1) is 8.20. The van der Waals surface area contributed by atoms with Gasteiger partial charge in [-0.2, -0.15) is 5.26 Å². The lowest BCUT2D eigenvalue weighted by atomic mass is 10.2. The van der Waals surface area contributed by atoms with Crippen molar-refractivity contribution in [1.29, 1.82) is 5.26 Å². The van der Waals surface area contributed by atoms with Gasteiger partial charge in [-0.15, -0.1) is 0 Å². The lowest BCUT2D eigenvalue weighted by Gasteiger charge is -2.08. The second-order valence-electron chi connectivity index (χ2n) is 3.65. The molecule has 4 heteroatoms. The molecule has 0 bridgehead atoms. The largest absolute Gasteiger partial charge is 0.397 e. The maximum atomic E-state index is 8.96. The maximum Gasteiger partial charge on any atom is 0.130 e. The molecule has 3 N–H and O–H groups in total. The predicted molar refractivity (Wildman–Crippen MR) is 67.8 cm³/mol. The van der Waals surface area contributed by atoms with Crippen molar-refractivity contribution in [3.63, 3.8) is 0 Å². The number of hydrogen-bond donors (Lipinski definition) is 2. The SMILES string of the molecule is Cc1nc(Nc2ccccc2C#N)ccc1N. The summed E-state index contributed by atoms with van der Waals surface area (Å²) in [4.78, 5) is 4.30. The number of aromatic nitrogens is 1. The van der Waals surface area contributed by atoms with Gasteiger partial charge in [0.2, 0.25) is 0 Å². The van der Waals surface area contributed by atoms with E-state index in [-0.39, 0.29) is 0 Å². The lowest BCUT2D eigenvalue weighted by molar-refractivity contribution is 1.20. The van der Waals surface area contributed by atoms with Crippen LogP contribution >= 0.6 is 0 Å². The van der Waals surface area contributed by atoms with Gasteiger partial charge >= 0.3 is 0 Å². The van der Waals surface area contributed by atoms with E-state index in [2.05, 4.69) is 16.4 Å². The van der Waals surface area contributed by atoms with E-state index in [1.54, 1.807) is 18.2 Å². The Labute approximate surface area is 99.7 Å². The van der Waals surface area contributed by atoms with Gasteiger partial charge in [0.15, 0.2) is 0 Å². The van der Waals surface area contributed by atoms with Crippen LogP contribution in [0.2, 0.25) is 0 Å². The van der Waals surface area contributed by atoms with E-state index in [1.165, 1.54) is 0 Å². The zero-order valence-corrected chi connectivity index (χ0v) is 9.44. The van der Waals surface area contributed by atoms with Crippen molar-refractivity contribution in [1.82, 2.24) is 4.98 Å². The number of aryl methyl sites for hydroxylation is 1. The fourth-order valence-corrected chi connectivity index (χ4v) is 1.47. The number of anilines is 3. The lowest BCUT2D eigenvalue weighted by Crippen LogP contribution is -1.99. The molecule has 17 heavy (non-hydrogen) atoms. The summed E-state index contributed by atoms with van der Waals surface area (Å²) in [5.41, 5.74) is 8.45. The molecule has 2 aromatic rings. The predicted octanol–water partition coefficient (Wildman–Crippen LogP) is 2.59. The van der Waals surface area contributed by atoms with Crippen LogP contribution < -0.4 is 11.1 Å². The Balaban J connectivity index is 2.32. The van der Waals surface area contributed by atoms with Gasteiger partial charge in [-0.25, -0.2) is 4.98 Å². The average molecular weight is 224 g/mol. The van der Waals surface area contributed by atoms with Gasteiger partial charge in [0.25, 0.3) is 0 Å². The van der Waals surface area contributed by atoms with E-state index >= 15 is 0 Å². The molecule has 0 radical (unpaired) electrons. The van der Waals surface area contributed by atoms with E-state index in [0.717, 1.165) is 11.4 Å². The van der Waals surface area contributed by atoms with Gasteiger partial charge in [0.05, 0.1) is 22.6 Å². The van der Waals surface area contributed by atoms with Crippen molar-refractivity contribution < 1.29 is 0 Å². The molecule has 0 saturated carbocycles. The average Bonchev–Trinajstić information content (AvgIpc) is 2.34. The summed E-state index contributed by atoms with van der Waals surface area (Å²) in [6.07, 6.45) is 0. The number of nitrogens with two attached hydrogens (primary N) is 1. The minimum absolute atomic E-state index is 0.587.